The Hall–Kier alpha value is -0.760. The van der Waals surface area contributed by atoms with Crippen LogP contribution in [0.5, 0.6) is 0 Å². The molecule has 0 aromatic carbocycles. The molecule has 0 radical (unpaired) electrons. The molecule has 0 aliphatic carbocycles. The van der Waals surface area contributed by atoms with Gasteiger partial charge in [0.15, 0.2) is 0 Å². The van der Waals surface area contributed by atoms with Gasteiger partial charge in [0, 0.05) is 12.7 Å². The Balaban J connectivity index is 3.35. The van der Waals surface area contributed by atoms with Gasteiger partial charge in [0.1, 0.15) is 0 Å². The summed E-state index contributed by atoms with van der Waals surface area (Å²) in [6.07, 6.45) is 5.26. The van der Waals surface area contributed by atoms with Crippen LogP contribution < -0.4 is 5.84 Å². The van der Waals surface area contributed by atoms with E-state index in [4.69, 9.17) is 5.84 Å². The van der Waals surface area contributed by atoms with Crippen molar-refractivity contribution in [2.75, 3.05) is 6.54 Å². The van der Waals surface area contributed by atoms with Crippen molar-refractivity contribution in [2.24, 2.45) is 5.84 Å². The predicted molar refractivity (Wildman–Crippen MR) is 35.9 cm³/mol. The van der Waals surface area contributed by atoms with Crippen LogP contribution in [-0.2, 0) is 0 Å². The van der Waals surface area contributed by atoms with Gasteiger partial charge in [0.05, 0.1) is 0 Å². The van der Waals surface area contributed by atoms with Crippen molar-refractivity contribution in [3.63, 3.8) is 0 Å². The lowest BCUT2D eigenvalue weighted by Crippen LogP contribution is -2.23. The summed E-state index contributed by atoms with van der Waals surface area (Å²) >= 11 is 0. The van der Waals surface area contributed by atoms with E-state index in [1.807, 2.05) is 6.92 Å². The summed E-state index contributed by atoms with van der Waals surface area (Å²) < 4.78 is 0. The average Bonchev–Trinajstić information content (AvgIpc) is 1.83. The van der Waals surface area contributed by atoms with Gasteiger partial charge in [-0.1, -0.05) is 12.7 Å². The molecule has 0 atom stereocenters. The topological polar surface area (TPSA) is 29.3 Å². The minimum Gasteiger partial charge on any atom is -0.319 e. The zero-order valence-electron chi connectivity index (χ0n) is 5.17. The van der Waals surface area contributed by atoms with Crippen LogP contribution in [0.4, 0.5) is 0 Å². The van der Waals surface area contributed by atoms with Crippen LogP contribution in [-0.4, -0.2) is 11.6 Å². The molecule has 8 heavy (non-hydrogen) atoms. The van der Waals surface area contributed by atoms with E-state index in [0.29, 0.717) is 0 Å². The smallest absolute Gasteiger partial charge is 0.0306 e. The molecule has 0 aliphatic rings. The lowest BCUT2D eigenvalue weighted by molar-refractivity contribution is 0.417. The molecule has 0 fully saturated rings. The fraction of sp³-hybridized carbons (Fsp3) is 0.333. The number of nitrogens with zero attached hydrogens (tertiary/aromatic N) is 1. The molecule has 0 bridgehead atoms. The summed E-state index contributed by atoms with van der Waals surface area (Å²) in [6, 6.07) is 0. The molecule has 2 N–H and O–H groups in total. The monoisotopic (exact) mass is 112 g/mol. The van der Waals surface area contributed by atoms with Gasteiger partial charge in [-0.05, 0) is 13.0 Å². The van der Waals surface area contributed by atoms with Gasteiger partial charge < -0.3 is 5.01 Å². The van der Waals surface area contributed by atoms with E-state index < -0.39 is 0 Å². The maximum absolute atomic E-state index is 5.36. The summed E-state index contributed by atoms with van der Waals surface area (Å²) in [5.41, 5.74) is 0. The van der Waals surface area contributed by atoms with E-state index >= 15 is 0 Å². The summed E-state index contributed by atoms with van der Waals surface area (Å²) in [5, 5.41) is 1.58. The Bertz CT molecular complexity index is 86.5. The maximum atomic E-state index is 5.36. The molecule has 2 nitrogen and oxygen atoms in total. The minimum atomic E-state index is 0.824. The average molecular weight is 112 g/mol. The minimum absolute atomic E-state index is 0.824. The van der Waals surface area contributed by atoms with Crippen LogP contribution in [0.25, 0.3) is 0 Å². The normalized spacial score (nSPS) is 9.75. The van der Waals surface area contributed by atoms with Gasteiger partial charge in [-0.2, -0.15) is 0 Å². The number of hydrogen-bond donors (Lipinski definition) is 1. The first-order valence-electron chi connectivity index (χ1n) is 2.61. The van der Waals surface area contributed by atoms with Crippen molar-refractivity contribution < 1.29 is 0 Å². The number of rotatable bonds is 3. The number of hydrazine groups is 1. The quantitative estimate of drug-likeness (QED) is 0.333. The number of hydrogen-bond acceptors (Lipinski definition) is 2. The third kappa shape index (κ3) is 3.43. The van der Waals surface area contributed by atoms with Crippen LogP contribution in [0.1, 0.15) is 6.92 Å². The molecule has 0 saturated carbocycles. The van der Waals surface area contributed by atoms with Crippen molar-refractivity contribution >= 4 is 0 Å². The van der Waals surface area contributed by atoms with Crippen molar-refractivity contribution in [1.29, 1.82) is 0 Å². The first-order chi connectivity index (χ1) is 3.81. The van der Waals surface area contributed by atoms with E-state index in [2.05, 4.69) is 6.58 Å². The van der Waals surface area contributed by atoms with Gasteiger partial charge >= 0.3 is 0 Å². The molecular weight excluding hydrogens is 100 g/mol. The highest BCUT2D eigenvalue weighted by Gasteiger charge is 1.77. The van der Waals surface area contributed by atoms with E-state index in [1.54, 1.807) is 23.4 Å². The van der Waals surface area contributed by atoms with E-state index in [9.17, 15) is 0 Å². The van der Waals surface area contributed by atoms with E-state index in [-0.39, 0.29) is 0 Å². The molecule has 0 heterocycles. The number of allylic oxidation sites excluding steroid dienone is 2. The molecule has 46 valence electrons. The molecule has 0 aromatic heterocycles. The largest absolute Gasteiger partial charge is 0.319 e. The summed E-state index contributed by atoms with van der Waals surface area (Å²) in [4.78, 5) is 0. The zero-order chi connectivity index (χ0) is 6.41. The third-order valence-corrected chi connectivity index (χ3v) is 0.779. The van der Waals surface area contributed by atoms with Gasteiger partial charge in [0.2, 0.25) is 0 Å². The summed E-state index contributed by atoms with van der Waals surface area (Å²) in [5.74, 6) is 5.36. The van der Waals surface area contributed by atoms with Crippen molar-refractivity contribution in [1.82, 2.24) is 5.01 Å². The standard InChI is InChI=1S/C6H12N2/c1-3-5-6-8(7)4-2/h3,5-6H,1,4,7H2,2H3/b6-5-. The Kier molecular flexibility index (Phi) is 3.98. The lowest BCUT2D eigenvalue weighted by Gasteiger charge is -2.07. The molecule has 0 aromatic rings. The van der Waals surface area contributed by atoms with Crippen LogP contribution >= 0.6 is 0 Å². The molecule has 0 unspecified atom stereocenters. The molecule has 0 aliphatic heterocycles. The highest BCUT2D eigenvalue weighted by molar-refractivity contribution is 4.95. The van der Waals surface area contributed by atoms with E-state index in [1.165, 1.54) is 0 Å². The summed E-state index contributed by atoms with van der Waals surface area (Å²) in [7, 11) is 0. The van der Waals surface area contributed by atoms with Crippen LogP contribution in [0.3, 0.4) is 0 Å². The van der Waals surface area contributed by atoms with Gasteiger partial charge in [0.25, 0.3) is 0 Å². The predicted octanol–water partition coefficient (Wildman–Crippen LogP) is 0.882. The Morgan fingerprint density at radius 1 is 1.75 bits per heavy atom. The lowest BCUT2D eigenvalue weighted by atomic mass is 10.6. The van der Waals surface area contributed by atoms with Gasteiger partial charge in [-0.15, -0.1) is 0 Å². The highest BCUT2D eigenvalue weighted by Crippen LogP contribution is 1.77. The van der Waals surface area contributed by atoms with Gasteiger partial charge in [-0.25, -0.2) is 5.84 Å². The highest BCUT2D eigenvalue weighted by atomic mass is 15.4. The molecule has 2 heteroatoms. The second kappa shape index (κ2) is 4.40. The molecular formula is C6H12N2. The van der Waals surface area contributed by atoms with Crippen LogP contribution in [0.15, 0.2) is 24.9 Å². The molecule has 0 amide bonds. The van der Waals surface area contributed by atoms with Crippen LogP contribution in [0.2, 0.25) is 0 Å². The van der Waals surface area contributed by atoms with E-state index in [0.717, 1.165) is 6.54 Å². The molecule has 0 rings (SSSR count). The second-order valence-electron chi connectivity index (χ2n) is 1.41. The SMILES string of the molecule is C=C/C=C\N(N)CC. The van der Waals surface area contributed by atoms with Crippen LogP contribution in [0, 0.1) is 0 Å². The Morgan fingerprint density at radius 3 is 2.75 bits per heavy atom. The number of nitrogens with two attached hydrogens (primary N) is 1. The van der Waals surface area contributed by atoms with Gasteiger partial charge in [-0.3, -0.25) is 0 Å². The van der Waals surface area contributed by atoms with Crippen molar-refractivity contribution in [3.05, 3.63) is 24.9 Å². The zero-order valence-corrected chi connectivity index (χ0v) is 5.17. The fourth-order valence-electron chi connectivity index (χ4n) is 0.277. The summed E-state index contributed by atoms with van der Waals surface area (Å²) in [6.45, 7) is 6.30. The van der Waals surface area contributed by atoms with Crippen molar-refractivity contribution in [2.45, 2.75) is 6.92 Å². The first kappa shape index (κ1) is 7.24. The molecule has 0 saturated heterocycles. The Morgan fingerprint density at radius 2 is 2.38 bits per heavy atom. The second-order valence-corrected chi connectivity index (χ2v) is 1.41. The maximum Gasteiger partial charge on any atom is 0.0306 e. The first-order valence-corrected chi connectivity index (χ1v) is 2.61. The third-order valence-electron chi connectivity index (χ3n) is 0.779. The Labute approximate surface area is 50.3 Å². The molecule has 0 spiro atoms. The fourth-order valence-corrected chi connectivity index (χ4v) is 0.277. The van der Waals surface area contributed by atoms with Crippen molar-refractivity contribution in [3.8, 4) is 0 Å².